The average molecular weight is 650 g/mol. The highest BCUT2D eigenvalue weighted by Gasteiger charge is 2.23. The maximum Gasteiger partial charge on any atom is 0.0782 e. The molecule has 0 atom stereocenters. The Balaban J connectivity index is 1.29. The molecule has 51 heavy (non-hydrogen) atoms. The van der Waals surface area contributed by atoms with Crippen LogP contribution in [-0.4, -0.2) is 13.7 Å². The summed E-state index contributed by atoms with van der Waals surface area (Å²) >= 11 is 0. The zero-order valence-corrected chi connectivity index (χ0v) is 27.7. The maximum atomic E-state index is 2.49. The summed E-state index contributed by atoms with van der Waals surface area (Å²) in [6, 6.07) is 68.4. The zero-order chi connectivity index (χ0) is 33.5. The highest BCUT2D eigenvalue weighted by atomic mass is 15.1. The van der Waals surface area contributed by atoms with Gasteiger partial charge in [0.2, 0.25) is 0 Å². The minimum atomic E-state index is 1.15. The van der Waals surface area contributed by atoms with E-state index < -0.39 is 0 Å². The Morgan fingerprint density at radius 3 is 1.39 bits per heavy atom. The van der Waals surface area contributed by atoms with Crippen molar-refractivity contribution in [2.45, 2.75) is 0 Å². The van der Waals surface area contributed by atoms with Gasteiger partial charge in [0.1, 0.15) is 0 Å². The number of para-hydroxylation sites is 6. The summed E-state index contributed by atoms with van der Waals surface area (Å²) in [4.78, 5) is 0. The van der Waals surface area contributed by atoms with Gasteiger partial charge in [-0.15, -0.1) is 0 Å². The molecule has 0 saturated heterocycles. The minimum absolute atomic E-state index is 1.15. The van der Waals surface area contributed by atoms with Crippen molar-refractivity contribution in [1.29, 1.82) is 0 Å². The highest BCUT2D eigenvalue weighted by Crippen LogP contribution is 2.43. The maximum absolute atomic E-state index is 2.49. The molecule has 3 aromatic heterocycles. The Morgan fingerprint density at radius 1 is 0.255 bits per heavy atom. The van der Waals surface area contributed by atoms with Gasteiger partial charge in [0.25, 0.3) is 0 Å². The lowest BCUT2D eigenvalue weighted by atomic mass is 10.0. The van der Waals surface area contributed by atoms with Gasteiger partial charge in [0.15, 0.2) is 0 Å². The van der Waals surface area contributed by atoms with Gasteiger partial charge in [-0.2, -0.15) is 0 Å². The molecule has 0 fully saturated rings. The summed E-state index contributed by atoms with van der Waals surface area (Å²) in [5.74, 6) is 0. The van der Waals surface area contributed by atoms with Gasteiger partial charge < -0.3 is 13.7 Å². The predicted octanol–water partition coefficient (Wildman–Crippen LogP) is 12.6. The lowest BCUT2D eigenvalue weighted by Crippen LogP contribution is -2.02. The molecule has 0 aliphatic heterocycles. The SMILES string of the molecule is c1ccc(-c2ccccc2-n2c3ccccc3c3cccc(-n4c5ccccc5c5c(-n6c7ccccc7c7ccccc76)cccc54)c32)cc1. The molecule has 8 aromatic carbocycles. The van der Waals surface area contributed by atoms with Gasteiger partial charge in [-0.3, -0.25) is 0 Å². The van der Waals surface area contributed by atoms with Crippen LogP contribution in [0, 0.1) is 0 Å². The molecule has 0 unspecified atom stereocenters. The summed E-state index contributed by atoms with van der Waals surface area (Å²) in [6.45, 7) is 0. The van der Waals surface area contributed by atoms with Crippen LogP contribution in [0.4, 0.5) is 0 Å². The van der Waals surface area contributed by atoms with Crippen LogP contribution in [-0.2, 0) is 0 Å². The predicted molar refractivity (Wildman–Crippen MR) is 215 cm³/mol. The number of nitrogens with zero attached hydrogens (tertiary/aromatic N) is 3. The molecule has 3 heterocycles. The van der Waals surface area contributed by atoms with Gasteiger partial charge in [-0.05, 0) is 54.1 Å². The third kappa shape index (κ3) is 3.94. The first kappa shape index (κ1) is 28.0. The largest absolute Gasteiger partial charge is 0.309 e. The van der Waals surface area contributed by atoms with Crippen molar-refractivity contribution in [3.63, 3.8) is 0 Å². The van der Waals surface area contributed by atoms with Crippen LogP contribution in [0.2, 0.25) is 0 Å². The second-order valence-corrected chi connectivity index (χ2v) is 13.3. The van der Waals surface area contributed by atoms with Crippen molar-refractivity contribution in [2.75, 3.05) is 0 Å². The zero-order valence-electron chi connectivity index (χ0n) is 27.7. The van der Waals surface area contributed by atoms with E-state index in [2.05, 4.69) is 202 Å². The Labute approximate surface area is 294 Å². The van der Waals surface area contributed by atoms with Crippen LogP contribution in [0.1, 0.15) is 0 Å². The third-order valence-corrected chi connectivity index (χ3v) is 10.6. The Kier molecular flexibility index (Phi) is 5.96. The molecule has 0 N–H and O–H groups in total. The van der Waals surface area contributed by atoms with Gasteiger partial charge >= 0.3 is 0 Å². The molecule has 3 nitrogen and oxygen atoms in total. The lowest BCUT2D eigenvalue weighted by molar-refractivity contribution is 1.13. The number of benzene rings is 8. The fraction of sp³-hybridized carbons (Fsp3) is 0. The Morgan fingerprint density at radius 2 is 0.686 bits per heavy atom. The van der Waals surface area contributed by atoms with Gasteiger partial charge in [-0.25, -0.2) is 0 Å². The summed E-state index contributed by atoms with van der Waals surface area (Å²) in [5, 5.41) is 7.47. The van der Waals surface area contributed by atoms with Crippen LogP contribution >= 0.6 is 0 Å². The molecule has 0 aliphatic rings. The fourth-order valence-corrected chi connectivity index (χ4v) is 8.59. The van der Waals surface area contributed by atoms with Crippen molar-refractivity contribution in [3.05, 3.63) is 188 Å². The first-order valence-electron chi connectivity index (χ1n) is 17.5. The van der Waals surface area contributed by atoms with Crippen molar-refractivity contribution in [1.82, 2.24) is 13.7 Å². The normalized spacial score (nSPS) is 11.9. The van der Waals surface area contributed by atoms with E-state index in [1.807, 2.05) is 0 Å². The van der Waals surface area contributed by atoms with E-state index in [0.29, 0.717) is 0 Å². The number of rotatable bonds is 4. The number of hydrogen-bond donors (Lipinski definition) is 0. The third-order valence-electron chi connectivity index (χ3n) is 10.6. The molecule has 0 radical (unpaired) electrons. The van der Waals surface area contributed by atoms with Gasteiger partial charge in [-0.1, -0.05) is 140 Å². The fourth-order valence-electron chi connectivity index (χ4n) is 8.59. The summed E-state index contributed by atoms with van der Waals surface area (Å²) < 4.78 is 7.43. The smallest absolute Gasteiger partial charge is 0.0782 e. The van der Waals surface area contributed by atoms with E-state index in [1.165, 1.54) is 82.2 Å². The van der Waals surface area contributed by atoms with Crippen LogP contribution in [0.3, 0.4) is 0 Å². The monoisotopic (exact) mass is 649 g/mol. The first-order valence-corrected chi connectivity index (χ1v) is 17.5. The van der Waals surface area contributed by atoms with Gasteiger partial charge in [0.05, 0.1) is 50.2 Å². The van der Waals surface area contributed by atoms with E-state index >= 15 is 0 Å². The number of hydrogen-bond acceptors (Lipinski definition) is 0. The van der Waals surface area contributed by atoms with E-state index in [1.54, 1.807) is 0 Å². The van der Waals surface area contributed by atoms with Crippen molar-refractivity contribution in [3.8, 4) is 28.2 Å². The van der Waals surface area contributed by atoms with E-state index in [0.717, 1.165) is 11.4 Å². The summed E-state index contributed by atoms with van der Waals surface area (Å²) in [5.41, 5.74) is 13.1. The summed E-state index contributed by atoms with van der Waals surface area (Å²) in [7, 11) is 0. The molecule has 11 aromatic rings. The Hall–Kier alpha value is -6.84. The highest BCUT2D eigenvalue weighted by molar-refractivity contribution is 6.18. The van der Waals surface area contributed by atoms with Crippen LogP contribution < -0.4 is 0 Å². The number of fused-ring (bicyclic) bond motifs is 9. The van der Waals surface area contributed by atoms with Crippen LogP contribution in [0.5, 0.6) is 0 Å². The second-order valence-electron chi connectivity index (χ2n) is 13.3. The van der Waals surface area contributed by atoms with Crippen molar-refractivity contribution in [2.24, 2.45) is 0 Å². The minimum Gasteiger partial charge on any atom is -0.309 e. The van der Waals surface area contributed by atoms with E-state index in [-0.39, 0.29) is 0 Å². The van der Waals surface area contributed by atoms with Crippen molar-refractivity contribution >= 4 is 65.4 Å². The molecule has 0 amide bonds. The van der Waals surface area contributed by atoms with E-state index in [4.69, 9.17) is 0 Å². The van der Waals surface area contributed by atoms with E-state index in [9.17, 15) is 0 Å². The lowest BCUT2D eigenvalue weighted by Gasteiger charge is -2.17. The molecule has 0 saturated carbocycles. The molecule has 0 spiro atoms. The molecule has 0 bridgehead atoms. The number of aromatic nitrogens is 3. The van der Waals surface area contributed by atoms with Crippen LogP contribution in [0.15, 0.2) is 188 Å². The molecule has 238 valence electrons. The van der Waals surface area contributed by atoms with Crippen LogP contribution in [0.25, 0.3) is 93.6 Å². The molecule has 0 aliphatic carbocycles. The first-order chi connectivity index (χ1) is 25.4. The van der Waals surface area contributed by atoms with Crippen molar-refractivity contribution < 1.29 is 0 Å². The molecule has 11 rings (SSSR count). The Bertz CT molecular complexity index is 3080. The standard InChI is InChI=1S/C48H31N3/c1-2-16-32(17-3-1)33-18-4-9-24-39(33)51-42-27-12-7-21-36(42)37-23-14-31-46(48(37)51)50-43-28-13-8-22-38(43)47-44(29-15-30-45(47)50)49-40-25-10-5-19-34(40)35-20-6-11-26-41(35)49/h1-31H. The molecular weight excluding hydrogens is 619 g/mol. The molecule has 3 heteroatoms. The topological polar surface area (TPSA) is 14.8 Å². The second kappa shape index (κ2) is 10.8. The quantitative estimate of drug-likeness (QED) is 0.180. The average Bonchev–Trinajstić information content (AvgIpc) is 3.84. The summed E-state index contributed by atoms with van der Waals surface area (Å²) in [6.07, 6.45) is 0. The van der Waals surface area contributed by atoms with Gasteiger partial charge in [0, 0.05) is 37.9 Å². The molecular formula is C48H31N3.